The van der Waals surface area contributed by atoms with Crippen LogP contribution in [-0.4, -0.2) is 48.5 Å². The first-order valence-corrected chi connectivity index (χ1v) is 8.76. The maximum atomic E-state index is 11.1. The van der Waals surface area contributed by atoms with E-state index in [0.29, 0.717) is 0 Å². The van der Waals surface area contributed by atoms with Gasteiger partial charge in [0.15, 0.2) is 0 Å². The molecule has 2 aromatic rings. The number of aliphatic hydroxyl groups is 1. The molecule has 1 saturated carbocycles. The quantitative estimate of drug-likeness (QED) is 0.941. The van der Waals surface area contributed by atoms with Crippen LogP contribution in [0.1, 0.15) is 30.7 Å². The van der Waals surface area contributed by atoms with E-state index in [2.05, 4.69) is 47.4 Å². The summed E-state index contributed by atoms with van der Waals surface area (Å²) < 4.78 is 5.47. The molecule has 3 heteroatoms. The number of ether oxygens (including phenoxy) is 1. The fourth-order valence-corrected chi connectivity index (χ4v) is 3.94. The number of morpholine rings is 1. The first-order chi connectivity index (χ1) is 11.2. The number of hydrogen-bond acceptors (Lipinski definition) is 3. The lowest BCUT2D eigenvalue weighted by Gasteiger charge is -2.45. The molecule has 2 aliphatic rings. The summed E-state index contributed by atoms with van der Waals surface area (Å²) >= 11 is 0. The van der Waals surface area contributed by atoms with E-state index in [4.69, 9.17) is 4.74 Å². The average Bonchev–Trinajstić information content (AvgIpc) is 2.58. The predicted molar refractivity (Wildman–Crippen MR) is 92.7 cm³/mol. The zero-order valence-corrected chi connectivity index (χ0v) is 13.6. The van der Waals surface area contributed by atoms with Crippen molar-refractivity contribution < 1.29 is 9.84 Å². The monoisotopic (exact) mass is 311 g/mol. The van der Waals surface area contributed by atoms with Gasteiger partial charge in [0.25, 0.3) is 0 Å². The van der Waals surface area contributed by atoms with Crippen LogP contribution in [0.3, 0.4) is 0 Å². The second kappa shape index (κ2) is 6.23. The van der Waals surface area contributed by atoms with Gasteiger partial charge in [-0.25, -0.2) is 0 Å². The van der Waals surface area contributed by atoms with Crippen molar-refractivity contribution in [3.8, 4) is 0 Å². The maximum Gasteiger partial charge on any atom is 0.0728 e. The average molecular weight is 311 g/mol. The van der Waals surface area contributed by atoms with Crippen molar-refractivity contribution in [1.82, 2.24) is 4.90 Å². The van der Waals surface area contributed by atoms with Crippen LogP contribution in [0.2, 0.25) is 0 Å². The first-order valence-electron chi connectivity index (χ1n) is 8.76. The Bertz CT molecular complexity index is 674. The zero-order chi connectivity index (χ0) is 15.7. The van der Waals surface area contributed by atoms with E-state index < -0.39 is 5.60 Å². The van der Waals surface area contributed by atoms with Crippen molar-refractivity contribution in [3.05, 3.63) is 48.0 Å². The fraction of sp³-hybridized carbons (Fsp3) is 0.500. The van der Waals surface area contributed by atoms with E-state index >= 15 is 0 Å². The molecule has 1 aliphatic carbocycles. The van der Waals surface area contributed by atoms with Gasteiger partial charge < -0.3 is 9.84 Å². The summed E-state index contributed by atoms with van der Waals surface area (Å²) in [6.07, 6.45) is 2.99. The molecule has 1 aliphatic heterocycles. The van der Waals surface area contributed by atoms with Gasteiger partial charge in [0.1, 0.15) is 0 Å². The molecule has 0 bridgehead atoms. The highest BCUT2D eigenvalue weighted by Crippen LogP contribution is 2.44. The molecule has 0 spiro atoms. The Morgan fingerprint density at radius 1 is 1.04 bits per heavy atom. The third kappa shape index (κ3) is 3.01. The first kappa shape index (κ1) is 15.1. The normalized spacial score (nSPS) is 22.7. The van der Waals surface area contributed by atoms with Crippen LogP contribution in [-0.2, 0) is 4.74 Å². The summed E-state index contributed by atoms with van der Waals surface area (Å²) in [7, 11) is 0. The van der Waals surface area contributed by atoms with Crippen LogP contribution in [0.4, 0.5) is 0 Å². The van der Waals surface area contributed by atoms with E-state index in [9.17, 15) is 5.11 Å². The molecule has 1 saturated heterocycles. The van der Waals surface area contributed by atoms with Gasteiger partial charge >= 0.3 is 0 Å². The summed E-state index contributed by atoms with van der Waals surface area (Å²) in [6, 6.07) is 15.1. The zero-order valence-electron chi connectivity index (χ0n) is 13.6. The van der Waals surface area contributed by atoms with Crippen molar-refractivity contribution in [2.24, 2.45) is 0 Å². The number of fused-ring (bicyclic) bond motifs is 1. The van der Waals surface area contributed by atoms with Crippen molar-refractivity contribution >= 4 is 10.8 Å². The third-order valence-electron chi connectivity index (χ3n) is 5.59. The number of rotatable bonds is 4. The van der Waals surface area contributed by atoms with Crippen LogP contribution in [0.5, 0.6) is 0 Å². The molecule has 0 aromatic heterocycles. The minimum atomic E-state index is -0.527. The Hall–Kier alpha value is -1.42. The molecule has 1 N–H and O–H groups in total. The SMILES string of the molecule is OC1(C(CN2CCOCC2)c2ccc3ccccc3c2)CCC1. The molecule has 2 fully saturated rings. The van der Waals surface area contributed by atoms with E-state index in [0.717, 1.165) is 52.1 Å². The Morgan fingerprint density at radius 2 is 1.78 bits per heavy atom. The molecule has 2 aromatic carbocycles. The highest BCUT2D eigenvalue weighted by Gasteiger charge is 2.43. The van der Waals surface area contributed by atoms with Crippen molar-refractivity contribution in [2.75, 3.05) is 32.8 Å². The minimum absolute atomic E-state index is 0.193. The molecule has 23 heavy (non-hydrogen) atoms. The van der Waals surface area contributed by atoms with Gasteiger partial charge in [0, 0.05) is 25.6 Å². The van der Waals surface area contributed by atoms with Crippen LogP contribution in [0.25, 0.3) is 10.8 Å². The van der Waals surface area contributed by atoms with Crippen LogP contribution >= 0.6 is 0 Å². The van der Waals surface area contributed by atoms with Gasteiger partial charge in [0.2, 0.25) is 0 Å². The lowest BCUT2D eigenvalue weighted by Crippen LogP contribution is -2.49. The molecular weight excluding hydrogens is 286 g/mol. The fourth-order valence-electron chi connectivity index (χ4n) is 3.94. The summed E-state index contributed by atoms with van der Waals surface area (Å²) in [5, 5.41) is 13.6. The van der Waals surface area contributed by atoms with E-state index in [-0.39, 0.29) is 5.92 Å². The van der Waals surface area contributed by atoms with Crippen molar-refractivity contribution in [3.63, 3.8) is 0 Å². The van der Waals surface area contributed by atoms with Gasteiger partial charge in [-0.3, -0.25) is 4.90 Å². The molecule has 4 rings (SSSR count). The smallest absolute Gasteiger partial charge is 0.0728 e. The Morgan fingerprint density at radius 3 is 2.48 bits per heavy atom. The molecule has 1 atom stereocenters. The van der Waals surface area contributed by atoms with Gasteiger partial charge in [-0.15, -0.1) is 0 Å². The molecular formula is C20H25NO2. The van der Waals surface area contributed by atoms with Crippen LogP contribution < -0.4 is 0 Å². The number of benzene rings is 2. The van der Waals surface area contributed by atoms with E-state index in [1.807, 2.05) is 0 Å². The molecule has 122 valence electrons. The van der Waals surface area contributed by atoms with E-state index in [1.54, 1.807) is 0 Å². The number of nitrogens with zero attached hydrogens (tertiary/aromatic N) is 1. The molecule has 1 heterocycles. The van der Waals surface area contributed by atoms with Crippen LogP contribution in [0, 0.1) is 0 Å². The Labute approximate surface area is 137 Å². The number of hydrogen-bond donors (Lipinski definition) is 1. The molecule has 3 nitrogen and oxygen atoms in total. The van der Waals surface area contributed by atoms with Gasteiger partial charge in [0.05, 0.1) is 18.8 Å². The van der Waals surface area contributed by atoms with Crippen molar-refractivity contribution in [1.29, 1.82) is 0 Å². The highest BCUT2D eigenvalue weighted by molar-refractivity contribution is 5.83. The Balaban J connectivity index is 1.65. The minimum Gasteiger partial charge on any atom is -0.389 e. The summed E-state index contributed by atoms with van der Waals surface area (Å²) in [4.78, 5) is 2.44. The predicted octanol–water partition coefficient (Wildman–Crippen LogP) is 3.17. The third-order valence-corrected chi connectivity index (χ3v) is 5.59. The summed E-state index contributed by atoms with van der Waals surface area (Å²) in [5.41, 5.74) is 0.748. The van der Waals surface area contributed by atoms with E-state index in [1.165, 1.54) is 16.3 Å². The lowest BCUT2D eigenvalue weighted by molar-refractivity contribution is -0.0708. The topological polar surface area (TPSA) is 32.7 Å². The highest BCUT2D eigenvalue weighted by atomic mass is 16.5. The van der Waals surface area contributed by atoms with Crippen molar-refractivity contribution in [2.45, 2.75) is 30.8 Å². The lowest BCUT2D eigenvalue weighted by atomic mass is 9.68. The standard InChI is InChI=1S/C20H25NO2/c22-20(8-3-9-20)19(15-21-10-12-23-13-11-21)18-7-6-16-4-1-2-5-17(16)14-18/h1-2,4-7,14,19,22H,3,8-13,15H2. The maximum absolute atomic E-state index is 11.1. The second-order valence-electron chi connectivity index (χ2n) is 7.03. The largest absolute Gasteiger partial charge is 0.389 e. The van der Waals surface area contributed by atoms with Gasteiger partial charge in [-0.2, -0.15) is 0 Å². The summed E-state index contributed by atoms with van der Waals surface area (Å²) in [6.45, 7) is 4.49. The molecule has 0 radical (unpaired) electrons. The summed E-state index contributed by atoms with van der Waals surface area (Å²) in [5.74, 6) is 0.193. The molecule has 0 amide bonds. The van der Waals surface area contributed by atoms with Gasteiger partial charge in [-0.05, 0) is 35.6 Å². The van der Waals surface area contributed by atoms with Crippen LogP contribution in [0.15, 0.2) is 42.5 Å². The van der Waals surface area contributed by atoms with Gasteiger partial charge in [-0.1, -0.05) is 42.5 Å². The Kier molecular flexibility index (Phi) is 4.10. The molecule has 1 unspecified atom stereocenters. The second-order valence-corrected chi connectivity index (χ2v) is 7.03.